The van der Waals surface area contributed by atoms with Gasteiger partial charge in [0.25, 0.3) is 5.91 Å². The minimum Gasteiger partial charge on any atom is -0.339 e. The summed E-state index contributed by atoms with van der Waals surface area (Å²) in [4.78, 5) is 16.9. The summed E-state index contributed by atoms with van der Waals surface area (Å²) in [5.41, 5.74) is -0.384. The van der Waals surface area contributed by atoms with Crippen molar-refractivity contribution in [3.8, 4) is 0 Å². The molecule has 1 amide bonds. The van der Waals surface area contributed by atoms with Crippen molar-refractivity contribution in [2.45, 2.75) is 50.7 Å². The van der Waals surface area contributed by atoms with Crippen molar-refractivity contribution >= 4 is 5.91 Å². The van der Waals surface area contributed by atoms with E-state index in [1.807, 2.05) is 0 Å². The summed E-state index contributed by atoms with van der Waals surface area (Å²) in [6.45, 7) is 3.66. The third-order valence-electron chi connectivity index (χ3n) is 5.37. The second-order valence-corrected chi connectivity index (χ2v) is 7.05. The van der Waals surface area contributed by atoms with Gasteiger partial charge in [-0.25, -0.2) is 0 Å². The van der Waals surface area contributed by atoms with E-state index in [4.69, 9.17) is 0 Å². The Hall–Kier alpha value is -1.56. The first-order chi connectivity index (χ1) is 11.9. The molecule has 0 aliphatic carbocycles. The van der Waals surface area contributed by atoms with E-state index in [9.17, 15) is 18.0 Å². The van der Waals surface area contributed by atoms with Gasteiger partial charge in [0.2, 0.25) is 0 Å². The summed E-state index contributed by atoms with van der Waals surface area (Å²) in [6, 6.07) is 5.07. The second kappa shape index (κ2) is 7.77. The lowest BCUT2D eigenvalue weighted by atomic mass is 10.0. The van der Waals surface area contributed by atoms with Crippen LogP contribution < -0.4 is 0 Å². The molecule has 2 aliphatic rings. The molecule has 6 heteroatoms. The largest absolute Gasteiger partial charge is 0.416 e. The van der Waals surface area contributed by atoms with Crippen LogP contribution in [0.25, 0.3) is 0 Å². The maximum absolute atomic E-state index is 12.6. The van der Waals surface area contributed by atoms with Gasteiger partial charge >= 0.3 is 6.18 Å². The van der Waals surface area contributed by atoms with E-state index in [1.165, 1.54) is 37.8 Å². The molecule has 0 aromatic heterocycles. The molecule has 2 aliphatic heterocycles. The molecule has 2 heterocycles. The maximum atomic E-state index is 12.6. The Balaban J connectivity index is 1.56. The summed E-state index contributed by atoms with van der Waals surface area (Å²) < 4.78 is 37.9. The highest BCUT2D eigenvalue weighted by Gasteiger charge is 2.31. The number of hydrogen-bond donors (Lipinski definition) is 0. The molecule has 2 fully saturated rings. The van der Waals surface area contributed by atoms with Crippen molar-refractivity contribution in [3.63, 3.8) is 0 Å². The molecule has 3 nitrogen and oxygen atoms in total. The molecule has 0 atom stereocenters. The number of carbonyl (C=O) groups excluding carboxylic acids is 1. The maximum Gasteiger partial charge on any atom is 0.416 e. The van der Waals surface area contributed by atoms with Crippen LogP contribution in [-0.4, -0.2) is 47.9 Å². The van der Waals surface area contributed by atoms with Gasteiger partial charge in [0.15, 0.2) is 0 Å². The lowest BCUT2D eigenvalue weighted by Crippen LogP contribution is -2.47. The molecule has 0 radical (unpaired) electrons. The van der Waals surface area contributed by atoms with Gasteiger partial charge < -0.3 is 9.80 Å². The van der Waals surface area contributed by atoms with Crippen LogP contribution in [0.15, 0.2) is 24.3 Å². The number of nitrogens with zero attached hydrogens (tertiary/aromatic N) is 2. The zero-order chi connectivity index (χ0) is 17.9. The fraction of sp³-hybridized carbons (Fsp3) is 0.632. The van der Waals surface area contributed by atoms with Gasteiger partial charge in [-0.15, -0.1) is 0 Å². The molecule has 1 aromatic rings. The number of piperidine rings is 1. The Labute approximate surface area is 146 Å². The number of rotatable bonds is 2. The third kappa shape index (κ3) is 4.54. The summed E-state index contributed by atoms with van der Waals surface area (Å²) in [7, 11) is 0. The van der Waals surface area contributed by atoms with Gasteiger partial charge in [-0.1, -0.05) is 12.8 Å². The smallest absolute Gasteiger partial charge is 0.339 e. The number of likely N-dealkylation sites (tertiary alicyclic amines) is 2. The van der Waals surface area contributed by atoms with Crippen LogP contribution in [0.5, 0.6) is 0 Å². The predicted molar refractivity (Wildman–Crippen MR) is 90.4 cm³/mol. The Morgan fingerprint density at radius 2 is 1.44 bits per heavy atom. The Morgan fingerprint density at radius 1 is 0.880 bits per heavy atom. The minimum atomic E-state index is -4.37. The van der Waals surface area contributed by atoms with E-state index in [0.717, 1.165) is 38.1 Å². The fourth-order valence-electron chi connectivity index (χ4n) is 3.88. The number of amides is 1. The average Bonchev–Trinajstić information content (AvgIpc) is 2.90. The summed E-state index contributed by atoms with van der Waals surface area (Å²) >= 11 is 0. The zero-order valence-corrected chi connectivity index (χ0v) is 14.4. The van der Waals surface area contributed by atoms with Crippen LogP contribution in [0, 0.1) is 0 Å². The summed E-state index contributed by atoms with van der Waals surface area (Å²) in [5, 5.41) is 0. The van der Waals surface area contributed by atoms with Crippen LogP contribution in [-0.2, 0) is 6.18 Å². The lowest BCUT2D eigenvalue weighted by Gasteiger charge is -2.38. The number of hydrogen-bond acceptors (Lipinski definition) is 2. The van der Waals surface area contributed by atoms with Gasteiger partial charge in [-0.2, -0.15) is 13.2 Å². The van der Waals surface area contributed by atoms with Crippen molar-refractivity contribution in [3.05, 3.63) is 35.4 Å². The van der Waals surface area contributed by atoms with Crippen molar-refractivity contribution in [1.82, 2.24) is 9.80 Å². The summed E-state index contributed by atoms with van der Waals surface area (Å²) in [6.07, 6.45) is 2.66. The molecule has 0 spiro atoms. The Kier molecular flexibility index (Phi) is 5.67. The topological polar surface area (TPSA) is 23.6 Å². The SMILES string of the molecule is O=C(c1ccc(C(F)(F)F)cc1)N1CCC(N2CCCCCC2)CC1. The minimum absolute atomic E-state index is 0.164. The van der Waals surface area contributed by atoms with E-state index in [0.29, 0.717) is 24.7 Å². The molecule has 1 aromatic carbocycles. The van der Waals surface area contributed by atoms with Gasteiger partial charge in [0, 0.05) is 24.7 Å². The van der Waals surface area contributed by atoms with E-state index in [-0.39, 0.29) is 5.91 Å². The van der Waals surface area contributed by atoms with Crippen molar-refractivity contribution in [1.29, 1.82) is 0 Å². The van der Waals surface area contributed by atoms with Gasteiger partial charge in [-0.05, 0) is 63.0 Å². The van der Waals surface area contributed by atoms with Gasteiger partial charge in [-0.3, -0.25) is 4.79 Å². The number of alkyl halides is 3. The van der Waals surface area contributed by atoms with E-state index >= 15 is 0 Å². The van der Waals surface area contributed by atoms with Crippen LogP contribution >= 0.6 is 0 Å². The number of halogens is 3. The molecular weight excluding hydrogens is 329 g/mol. The molecule has 25 heavy (non-hydrogen) atoms. The monoisotopic (exact) mass is 354 g/mol. The first-order valence-electron chi connectivity index (χ1n) is 9.16. The van der Waals surface area contributed by atoms with Gasteiger partial charge in [0.05, 0.1) is 5.56 Å². The molecule has 2 saturated heterocycles. The van der Waals surface area contributed by atoms with Crippen LogP contribution in [0.3, 0.4) is 0 Å². The molecule has 0 unspecified atom stereocenters. The molecule has 3 rings (SSSR count). The number of benzene rings is 1. The molecule has 0 bridgehead atoms. The highest BCUT2D eigenvalue weighted by Crippen LogP contribution is 2.29. The van der Waals surface area contributed by atoms with Gasteiger partial charge in [0.1, 0.15) is 0 Å². The lowest BCUT2D eigenvalue weighted by molar-refractivity contribution is -0.137. The first kappa shape index (κ1) is 18.2. The third-order valence-corrected chi connectivity index (χ3v) is 5.37. The highest BCUT2D eigenvalue weighted by atomic mass is 19.4. The predicted octanol–water partition coefficient (Wildman–Crippen LogP) is 4.19. The first-order valence-corrected chi connectivity index (χ1v) is 9.16. The molecule has 0 saturated carbocycles. The zero-order valence-electron chi connectivity index (χ0n) is 14.4. The average molecular weight is 354 g/mol. The quantitative estimate of drug-likeness (QED) is 0.795. The van der Waals surface area contributed by atoms with Crippen LogP contribution in [0.2, 0.25) is 0 Å². The molecule has 0 N–H and O–H groups in total. The standard InChI is InChI=1S/C19H25F3N2O/c20-19(21,22)16-7-5-15(6-8-16)18(25)24-13-9-17(10-14-24)23-11-3-1-2-4-12-23/h5-8,17H,1-4,9-14H2. The Bertz CT molecular complexity index is 569. The second-order valence-electron chi connectivity index (χ2n) is 7.05. The fourth-order valence-corrected chi connectivity index (χ4v) is 3.88. The molecular formula is C19H25F3N2O. The highest BCUT2D eigenvalue weighted by molar-refractivity contribution is 5.94. The van der Waals surface area contributed by atoms with E-state index in [2.05, 4.69) is 4.90 Å². The van der Waals surface area contributed by atoms with Crippen molar-refractivity contribution < 1.29 is 18.0 Å². The van der Waals surface area contributed by atoms with Crippen LogP contribution in [0.4, 0.5) is 13.2 Å². The molecule has 138 valence electrons. The van der Waals surface area contributed by atoms with Crippen molar-refractivity contribution in [2.75, 3.05) is 26.2 Å². The summed E-state index contributed by atoms with van der Waals surface area (Å²) in [5.74, 6) is -0.164. The van der Waals surface area contributed by atoms with Crippen molar-refractivity contribution in [2.24, 2.45) is 0 Å². The normalized spacial score (nSPS) is 21.2. The van der Waals surface area contributed by atoms with E-state index < -0.39 is 11.7 Å². The van der Waals surface area contributed by atoms with Crippen LogP contribution in [0.1, 0.15) is 54.4 Å². The Morgan fingerprint density at radius 3 is 1.96 bits per heavy atom. The number of carbonyl (C=O) groups is 1. The van der Waals surface area contributed by atoms with E-state index in [1.54, 1.807) is 4.90 Å².